The van der Waals surface area contributed by atoms with Gasteiger partial charge in [0, 0.05) is 19.1 Å². The number of benzene rings is 1. The summed E-state index contributed by atoms with van der Waals surface area (Å²) in [5.74, 6) is -1.27. The molecule has 1 N–H and O–H groups in total. The molecule has 2 rings (SSSR count). The van der Waals surface area contributed by atoms with E-state index in [0.717, 1.165) is 0 Å². The van der Waals surface area contributed by atoms with Crippen molar-refractivity contribution in [3.8, 4) is 5.75 Å². The summed E-state index contributed by atoms with van der Waals surface area (Å²) in [4.78, 5) is 2.05. The molecule has 1 fully saturated rings. The standard InChI is InChI=1S/C14H18F3NO3/c1-9-8-20-11(7-19)6-18(9)5-10-2-3-13(12(15)4-10)21-14(16)17/h2-4,9,11,14,19H,5-8H2,1H3/t9-,11-/m1/s1. The summed E-state index contributed by atoms with van der Waals surface area (Å²) >= 11 is 0. The Kier molecular flexibility index (Phi) is 5.44. The number of halogens is 3. The minimum absolute atomic E-state index is 0.0707. The first kappa shape index (κ1) is 16.1. The number of morpholine rings is 1. The Morgan fingerprint density at radius 3 is 2.86 bits per heavy atom. The summed E-state index contributed by atoms with van der Waals surface area (Å²) in [6.45, 7) is 0.327. The fourth-order valence-electron chi connectivity index (χ4n) is 2.27. The predicted molar refractivity (Wildman–Crippen MR) is 69.7 cm³/mol. The van der Waals surface area contributed by atoms with Gasteiger partial charge in [-0.25, -0.2) is 4.39 Å². The van der Waals surface area contributed by atoms with E-state index in [4.69, 9.17) is 9.84 Å². The van der Waals surface area contributed by atoms with Crippen LogP contribution in [0.3, 0.4) is 0 Å². The van der Waals surface area contributed by atoms with Gasteiger partial charge in [-0.1, -0.05) is 6.07 Å². The molecule has 0 aromatic heterocycles. The van der Waals surface area contributed by atoms with Crippen LogP contribution < -0.4 is 4.74 Å². The van der Waals surface area contributed by atoms with Crippen molar-refractivity contribution in [2.45, 2.75) is 32.2 Å². The van der Waals surface area contributed by atoms with E-state index in [-0.39, 0.29) is 18.8 Å². The molecule has 1 aromatic rings. The van der Waals surface area contributed by atoms with Gasteiger partial charge in [0.2, 0.25) is 0 Å². The molecule has 1 heterocycles. The minimum Gasteiger partial charge on any atom is -0.432 e. The maximum atomic E-state index is 13.7. The SMILES string of the molecule is C[C@@H]1CO[C@@H](CO)CN1Cc1ccc(OC(F)F)c(F)c1. The molecular formula is C14H18F3NO3. The fourth-order valence-corrected chi connectivity index (χ4v) is 2.27. The van der Waals surface area contributed by atoms with Crippen LogP contribution in [0.2, 0.25) is 0 Å². The Morgan fingerprint density at radius 2 is 2.24 bits per heavy atom. The lowest BCUT2D eigenvalue weighted by Crippen LogP contribution is -2.48. The summed E-state index contributed by atoms with van der Waals surface area (Å²) in [7, 11) is 0. The molecule has 7 heteroatoms. The van der Waals surface area contributed by atoms with Crippen LogP contribution in [0.4, 0.5) is 13.2 Å². The molecule has 0 spiro atoms. The van der Waals surface area contributed by atoms with Crippen LogP contribution in [0.5, 0.6) is 5.75 Å². The fraction of sp³-hybridized carbons (Fsp3) is 0.571. The number of aliphatic hydroxyl groups is 1. The highest BCUT2D eigenvalue weighted by atomic mass is 19.3. The van der Waals surface area contributed by atoms with Gasteiger partial charge in [-0.2, -0.15) is 8.78 Å². The first-order valence-electron chi connectivity index (χ1n) is 6.69. The lowest BCUT2D eigenvalue weighted by molar-refractivity contribution is -0.0806. The second kappa shape index (κ2) is 7.11. The van der Waals surface area contributed by atoms with Gasteiger partial charge in [0.25, 0.3) is 0 Å². The Labute approximate surface area is 121 Å². The van der Waals surface area contributed by atoms with E-state index < -0.39 is 18.2 Å². The lowest BCUT2D eigenvalue weighted by Gasteiger charge is -2.37. The average molecular weight is 305 g/mol. The van der Waals surface area contributed by atoms with Crippen molar-refractivity contribution in [3.63, 3.8) is 0 Å². The van der Waals surface area contributed by atoms with Gasteiger partial charge in [-0.15, -0.1) is 0 Å². The monoisotopic (exact) mass is 305 g/mol. The van der Waals surface area contributed by atoms with Crippen LogP contribution in [0.1, 0.15) is 12.5 Å². The Balaban J connectivity index is 2.03. The van der Waals surface area contributed by atoms with Gasteiger partial charge < -0.3 is 14.6 Å². The quantitative estimate of drug-likeness (QED) is 0.903. The van der Waals surface area contributed by atoms with E-state index in [1.165, 1.54) is 12.1 Å². The molecule has 118 valence electrons. The molecule has 1 aromatic carbocycles. The normalized spacial score (nSPS) is 23.5. The first-order chi connectivity index (χ1) is 9.99. The summed E-state index contributed by atoms with van der Waals surface area (Å²) < 4.78 is 47.3. The summed E-state index contributed by atoms with van der Waals surface area (Å²) in [6.07, 6.45) is -0.257. The van der Waals surface area contributed by atoms with Gasteiger partial charge >= 0.3 is 6.61 Å². The van der Waals surface area contributed by atoms with Crippen molar-refractivity contribution in [1.29, 1.82) is 0 Å². The lowest BCUT2D eigenvalue weighted by atomic mass is 10.1. The zero-order valence-electron chi connectivity index (χ0n) is 11.6. The highest BCUT2D eigenvalue weighted by Crippen LogP contribution is 2.22. The van der Waals surface area contributed by atoms with E-state index in [0.29, 0.717) is 25.3 Å². The maximum Gasteiger partial charge on any atom is 0.387 e. The molecule has 0 saturated carbocycles. The van der Waals surface area contributed by atoms with E-state index in [9.17, 15) is 13.2 Å². The Bertz CT molecular complexity index is 473. The van der Waals surface area contributed by atoms with Crippen LogP contribution >= 0.6 is 0 Å². The second-order valence-corrected chi connectivity index (χ2v) is 5.06. The number of hydrogen-bond acceptors (Lipinski definition) is 4. The highest BCUT2D eigenvalue weighted by Gasteiger charge is 2.25. The topological polar surface area (TPSA) is 41.9 Å². The largest absolute Gasteiger partial charge is 0.432 e. The van der Waals surface area contributed by atoms with Crippen molar-refractivity contribution in [2.24, 2.45) is 0 Å². The van der Waals surface area contributed by atoms with Crippen molar-refractivity contribution >= 4 is 0 Å². The van der Waals surface area contributed by atoms with E-state index in [1.54, 1.807) is 6.07 Å². The second-order valence-electron chi connectivity index (χ2n) is 5.06. The van der Waals surface area contributed by atoms with E-state index >= 15 is 0 Å². The van der Waals surface area contributed by atoms with Gasteiger partial charge in [0.15, 0.2) is 11.6 Å². The molecule has 0 unspecified atom stereocenters. The molecular weight excluding hydrogens is 287 g/mol. The van der Waals surface area contributed by atoms with Crippen molar-refractivity contribution in [3.05, 3.63) is 29.6 Å². The molecule has 21 heavy (non-hydrogen) atoms. The maximum absolute atomic E-state index is 13.7. The molecule has 0 aliphatic carbocycles. The smallest absolute Gasteiger partial charge is 0.387 e. The van der Waals surface area contributed by atoms with E-state index in [2.05, 4.69) is 4.74 Å². The van der Waals surface area contributed by atoms with E-state index in [1.807, 2.05) is 11.8 Å². The third-order valence-electron chi connectivity index (χ3n) is 3.44. The van der Waals surface area contributed by atoms with Crippen molar-refractivity contribution < 1.29 is 27.8 Å². The average Bonchev–Trinajstić information content (AvgIpc) is 2.44. The number of hydrogen-bond donors (Lipinski definition) is 1. The summed E-state index contributed by atoms with van der Waals surface area (Å²) in [5, 5.41) is 9.13. The van der Waals surface area contributed by atoms with Gasteiger partial charge in [-0.05, 0) is 24.6 Å². The number of aliphatic hydroxyl groups excluding tert-OH is 1. The summed E-state index contributed by atoms with van der Waals surface area (Å²) in [5.41, 5.74) is 0.652. The van der Waals surface area contributed by atoms with Gasteiger partial charge in [-0.3, -0.25) is 4.90 Å². The zero-order valence-corrected chi connectivity index (χ0v) is 11.6. The number of ether oxygens (including phenoxy) is 2. The Hall–Kier alpha value is -1.31. The van der Waals surface area contributed by atoms with Gasteiger partial charge in [0.1, 0.15) is 0 Å². The van der Waals surface area contributed by atoms with Crippen LogP contribution in [0, 0.1) is 5.82 Å². The molecule has 1 aliphatic heterocycles. The molecule has 2 atom stereocenters. The third kappa shape index (κ3) is 4.33. The molecule has 4 nitrogen and oxygen atoms in total. The summed E-state index contributed by atoms with van der Waals surface area (Å²) in [6, 6.07) is 4.07. The molecule has 1 saturated heterocycles. The minimum atomic E-state index is -3.05. The van der Waals surface area contributed by atoms with Crippen molar-refractivity contribution in [2.75, 3.05) is 19.8 Å². The molecule has 1 aliphatic rings. The molecule has 0 amide bonds. The number of nitrogens with zero attached hydrogens (tertiary/aromatic N) is 1. The van der Waals surface area contributed by atoms with Crippen LogP contribution in [0.15, 0.2) is 18.2 Å². The highest BCUT2D eigenvalue weighted by molar-refractivity contribution is 5.29. The van der Waals surface area contributed by atoms with Crippen molar-refractivity contribution in [1.82, 2.24) is 4.90 Å². The number of alkyl halides is 2. The Morgan fingerprint density at radius 1 is 1.48 bits per heavy atom. The molecule has 0 radical (unpaired) electrons. The zero-order chi connectivity index (χ0) is 15.4. The van der Waals surface area contributed by atoms with Crippen LogP contribution in [-0.4, -0.2) is 48.5 Å². The predicted octanol–water partition coefficient (Wildman–Crippen LogP) is 2.01. The third-order valence-corrected chi connectivity index (χ3v) is 3.44. The number of rotatable bonds is 5. The molecule has 0 bridgehead atoms. The van der Waals surface area contributed by atoms with Gasteiger partial charge in [0.05, 0.1) is 19.3 Å². The van der Waals surface area contributed by atoms with Crippen LogP contribution in [0.25, 0.3) is 0 Å². The first-order valence-corrected chi connectivity index (χ1v) is 6.69. The van der Waals surface area contributed by atoms with Crippen LogP contribution in [-0.2, 0) is 11.3 Å².